The lowest BCUT2D eigenvalue weighted by atomic mass is 10.5. The van der Waals surface area contributed by atoms with E-state index in [1.165, 1.54) is 11.6 Å². The van der Waals surface area contributed by atoms with Crippen molar-refractivity contribution in [3.8, 4) is 0 Å². The van der Waals surface area contributed by atoms with E-state index in [2.05, 4.69) is 10.3 Å². The molecule has 0 unspecified atom stereocenters. The Morgan fingerprint density at radius 3 is 2.92 bits per heavy atom. The predicted octanol–water partition coefficient (Wildman–Crippen LogP) is 0.444. The molecule has 0 spiro atoms. The van der Waals surface area contributed by atoms with Crippen LogP contribution in [0.1, 0.15) is 6.92 Å². The van der Waals surface area contributed by atoms with Crippen LogP contribution in [0.25, 0.3) is 0 Å². The standard InChI is InChI=1S/C7H10FN3O/c1-3-11-4-5(8)6(9-2)10-7(11)12/h4H,3H2,1-2H3,(H,9,10,12). The SMILES string of the molecule is CCn1cc(F)c(NC)nc1=O. The van der Waals surface area contributed by atoms with Gasteiger partial charge in [-0.1, -0.05) is 0 Å². The van der Waals surface area contributed by atoms with Gasteiger partial charge in [0.1, 0.15) is 0 Å². The summed E-state index contributed by atoms with van der Waals surface area (Å²) in [5, 5.41) is 2.49. The molecule has 0 aliphatic carbocycles. The molecular weight excluding hydrogens is 161 g/mol. The first-order chi connectivity index (χ1) is 5.69. The molecule has 0 saturated heterocycles. The molecule has 0 aliphatic heterocycles. The van der Waals surface area contributed by atoms with E-state index in [0.717, 1.165) is 6.20 Å². The fraction of sp³-hybridized carbons (Fsp3) is 0.429. The second-order valence-corrected chi connectivity index (χ2v) is 2.26. The van der Waals surface area contributed by atoms with Crippen LogP contribution in [-0.4, -0.2) is 16.6 Å². The van der Waals surface area contributed by atoms with Gasteiger partial charge < -0.3 is 5.32 Å². The van der Waals surface area contributed by atoms with Gasteiger partial charge in [0.25, 0.3) is 0 Å². The Morgan fingerprint density at radius 2 is 2.42 bits per heavy atom. The van der Waals surface area contributed by atoms with Gasteiger partial charge in [0.2, 0.25) is 0 Å². The highest BCUT2D eigenvalue weighted by Gasteiger charge is 2.04. The lowest BCUT2D eigenvalue weighted by Gasteiger charge is -2.03. The first-order valence-electron chi connectivity index (χ1n) is 3.63. The number of hydrogen-bond acceptors (Lipinski definition) is 3. The monoisotopic (exact) mass is 171 g/mol. The first-order valence-corrected chi connectivity index (χ1v) is 3.63. The summed E-state index contributed by atoms with van der Waals surface area (Å²) < 4.78 is 14.1. The van der Waals surface area contributed by atoms with Gasteiger partial charge in [-0.2, -0.15) is 4.98 Å². The van der Waals surface area contributed by atoms with E-state index >= 15 is 0 Å². The summed E-state index contributed by atoms with van der Waals surface area (Å²) in [6.45, 7) is 2.17. The number of nitrogens with one attached hydrogen (secondary N) is 1. The van der Waals surface area contributed by atoms with Crippen LogP contribution in [-0.2, 0) is 6.54 Å². The fourth-order valence-corrected chi connectivity index (χ4v) is 0.868. The lowest BCUT2D eigenvalue weighted by Crippen LogP contribution is -2.23. The van der Waals surface area contributed by atoms with E-state index in [1.54, 1.807) is 6.92 Å². The van der Waals surface area contributed by atoms with Gasteiger partial charge in [0.15, 0.2) is 11.6 Å². The Labute approximate surface area is 69.1 Å². The van der Waals surface area contributed by atoms with Crippen LogP contribution >= 0.6 is 0 Å². The maximum absolute atomic E-state index is 12.9. The lowest BCUT2D eigenvalue weighted by molar-refractivity contribution is 0.579. The summed E-state index contributed by atoms with van der Waals surface area (Å²) in [6.07, 6.45) is 1.14. The van der Waals surface area contributed by atoms with E-state index in [1.807, 2.05) is 0 Å². The Balaban J connectivity index is 3.26. The van der Waals surface area contributed by atoms with Crippen molar-refractivity contribution in [3.05, 3.63) is 22.5 Å². The summed E-state index contributed by atoms with van der Waals surface area (Å²) in [5.41, 5.74) is -0.441. The normalized spacial score (nSPS) is 9.92. The third kappa shape index (κ3) is 1.44. The third-order valence-electron chi connectivity index (χ3n) is 1.53. The zero-order chi connectivity index (χ0) is 9.14. The third-order valence-corrected chi connectivity index (χ3v) is 1.53. The van der Waals surface area contributed by atoms with Gasteiger partial charge in [-0.15, -0.1) is 0 Å². The molecule has 0 aliphatic rings. The van der Waals surface area contributed by atoms with Crippen molar-refractivity contribution in [3.63, 3.8) is 0 Å². The highest BCUT2D eigenvalue weighted by atomic mass is 19.1. The predicted molar refractivity (Wildman–Crippen MR) is 43.7 cm³/mol. The number of aryl methyl sites for hydroxylation is 1. The van der Waals surface area contributed by atoms with Crippen LogP contribution in [0.3, 0.4) is 0 Å². The van der Waals surface area contributed by atoms with E-state index in [9.17, 15) is 9.18 Å². The average molecular weight is 171 g/mol. The number of aromatic nitrogens is 2. The maximum Gasteiger partial charge on any atom is 0.349 e. The molecular formula is C7H10FN3O. The summed E-state index contributed by atoms with van der Waals surface area (Å²) in [4.78, 5) is 14.5. The largest absolute Gasteiger partial charge is 0.370 e. The van der Waals surface area contributed by atoms with Crippen LogP contribution in [0.15, 0.2) is 11.0 Å². The van der Waals surface area contributed by atoms with Gasteiger partial charge in [-0.05, 0) is 6.92 Å². The van der Waals surface area contributed by atoms with Gasteiger partial charge in [0.05, 0.1) is 0 Å². The Morgan fingerprint density at radius 1 is 1.75 bits per heavy atom. The first kappa shape index (κ1) is 8.70. The summed E-state index contributed by atoms with van der Waals surface area (Å²) in [7, 11) is 1.52. The quantitative estimate of drug-likeness (QED) is 0.702. The van der Waals surface area contributed by atoms with E-state index in [0.29, 0.717) is 6.54 Å². The minimum absolute atomic E-state index is 0.00954. The molecule has 0 saturated carbocycles. The Kier molecular flexibility index (Phi) is 2.42. The number of hydrogen-bond donors (Lipinski definition) is 1. The summed E-state index contributed by atoms with van der Waals surface area (Å²) >= 11 is 0. The van der Waals surface area contributed by atoms with Gasteiger partial charge in [-0.25, -0.2) is 9.18 Å². The Hall–Kier alpha value is -1.39. The Bertz CT molecular complexity index is 334. The van der Waals surface area contributed by atoms with Crippen molar-refractivity contribution < 1.29 is 4.39 Å². The zero-order valence-corrected chi connectivity index (χ0v) is 6.97. The van der Waals surface area contributed by atoms with E-state index in [-0.39, 0.29) is 5.82 Å². The molecule has 1 heterocycles. The molecule has 0 radical (unpaired) electrons. The molecule has 0 atom stereocenters. The van der Waals surface area contributed by atoms with E-state index < -0.39 is 11.5 Å². The van der Waals surface area contributed by atoms with Crippen LogP contribution < -0.4 is 11.0 Å². The molecule has 5 heteroatoms. The molecule has 0 aromatic carbocycles. The topological polar surface area (TPSA) is 46.9 Å². The summed E-state index contributed by atoms with van der Waals surface area (Å²) in [6, 6.07) is 0. The number of rotatable bonds is 2. The zero-order valence-electron chi connectivity index (χ0n) is 6.97. The van der Waals surface area contributed by atoms with Gasteiger partial charge in [-0.3, -0.25) is 4.57 Å². The van der Waals surface area contributed by atoms with Crippen molar-refractivity contribution in [1.82, 2.24) is 9.55 Å². The van der Waals surface area contributed by atoms with Crippen molar-refractivity contribution in [2.75, 3.05) is 12.4 Å². The summed E-state index contributed by atoms with van der Waals surface area (Å²) in [5.74, 6) is -0.524. The second kappa shape index (κ2) is 3.34. The van der Waals surface area contributed by atoms with Crippen molar-refractivity contribution >= 4 is 5.82 Å². The fourth-order valence-electron chi connectivity index (χ4n) is 0.868. The number of halogens is 1. The molecule has 1 aromatic rings. The van der Waals surface area contributed by atoms with Crippen LogP contribution in [0.5, 0.6) is 0 Å². The molecule has 4 nitrogen and oxygen atoms in total. The minimum atomic E-state index is -0.515. The van der Waals surface area contributed by atoms with Gasteiger partial charge in [0, 0.05) is 19.8 Å². The highest BCUT2D eigenvalue weighted by Crippen LogP contribution is 2.04. The molecule has 1 N–H and O–H groups in total. The molecule has 0 bridgehead atoms. The van der Waals surface area contributed by atoms with Crippen molar-refractivity contribution in [2.24, 2.45) is 0 Å². The highest BCUT2D eigenvalue weighted by molar-refractivity contribution is 5.32. The molecule has 0 amide bonds. The second-order valence-electron chi connectivity index (χ2n) is 2.26. The average Bonchev–Trinajstić information content (AvgIpc) is 2.08. The van der Waals surface area contributed by atoms with Crippen molar-refractivity contribution in [1.29, 1.82) is 0 Å². The smallest absolute Gasteiger partial charge is 0.349 e. The van der Waals surface area contributed by atoms with Gasteiger partial charge >= 0.3 is 5.69 Å². The molecule has 0 fully saturated rings. The molecule has 1 aromatic heterocycles. The molecule has 12 heavy (non-hydrogen) atoms. The number of anilines is 1. The van der Waals surface area contributed by atoms with E-state index in [4.69, 9.17) is 0 Å². The van der Waals surface area contributed by atoms with Crippen LogP contribution in [0.4, 0.5) is 10.2 Å². The maximum atomic E-state index is 12.9. The minimum Gasteiger partial charge on any atom is -0.370 e. The molecule has 1 rings (SSSR count). The molecule has 66 valence electrons. The van der Waals surface area contributed by atoms with Crippen LogP contribution in [0.2, 0.25) is 0 Å². The number of nitrogens with zero attached hydrogens (tertiary/aromatic N) is 2. The van der Waals surface area contributed by atoms with Crippen molar-refractivity contribution in [2.45, 2.75) is 13.5 Å². The van der Waals surface area contributed by atoms with Crippen LogP contribution in [0, 0.1) is 5.82 Å².